The summed E-state index contributed by atoms with van der Waals surface area (Å²) >= 11 is 2.32. The van der Waals surface area contributed by atoms with Crippen LogP contribution in [0.1, 0.15) is 29.9 Å². The molecule has 122 valence electrons. The van der Waals surface area contributed by atoms with Crippen molar-refractivity contribution in [3.8, 4) is 0 Å². The number of nitrogens with zero attached hydrogens (tertiary/aromatic N) is 1. The van der Waals surface area contributed by atoms with Crippen LogP contribution < -0.4 is 0 Å². The lowest BCUT2D eigenvalue weighted by molar-refractivity contribution is 0.0971. The summed E-state index contributed by atoms with van der Waals surface area (Å²) < 4.78 is 1.23. The second-order valence-electron chi connectivity index (χ2n) is 6.47. The number of β-amino-alcohol motifs (C(OH)–C–C–N with tert-alkyl or cyclic N) is 1. The monoisotopic (exact) mass is 421 g/mol. The second kappa shape index (κ2) is 8.27. The summed E-state index contributed by atoms with van der Waals surface area (Å²) in [6.07, 6.45) is 2.86. The largest absolute Gasteiger partial charge is 0.391 e. The maximum absolute atomic E-state index is 10.4. The van der Waals surface area contributed by atoms with Crippen molar-refractivity contribution in [1.29, 1.82) is 0 Å². The lowest BCUT2D eigenvalue weighted by Gasteiger charge is -2.33. The summed E-state index contributed by atoms with van der Waals surface area (Å²) in [7, 11) is 0. The van der Waals surface area contributed by atoms with E-state index in [4.69, 9.17) is 0 Å². The lowest BCUT2D eigenvalue weighted by atomic mass is 9.89. The van der Waals surface area contributed by atoms with Crippen molar-refractivity contribution < 1.29 is 5.11 Å². The van der Waals surface area contributed by atoms with Gasteiger partial charge in [0.15, 0.2) is 0 Å². The molecule has 23 heavy (non-hydrogen) atoms. The van der Waals surface area contributed by atoms with Crippen LogP contribution in [-0.4, -0.2) is 35.7 Å². The van der Waals surface area contributed by atoms with E-state index in [9.17, 15) is 5.11 Å². The number of halogens is 1. The van der Waals surface area contributed by atoms with Gasteiger partial charge in [0, 0.05) is 10.1 Å². The summed E-state index contributed by atoms with van der Waals surface area (Å²) in [5.74, 6) is 0.681. The summed E-state index contributed by atoms with van der Waals surface area (Å²) in [6, 6.07) is 19.2. The topological polar surface area (TPSA) is 23.5 Å². The van der Waals surface area contributed by atoms with Gasteiger partial charge in [-0.3, -0.25) is 0 Å². The van der Waals surface area contributed by atoms with Crippen LogP contribution in [0.3, 0.4) is 0 Å². The molecule has 1 aliphatic heterocycles. The Bertz CT molecular complexity index is 608. The van der Waals surface area contributed by atoms with Crippen molar-refractivity contribution in [3.05, 3.63) is 69.3 Å². The van der Waals surface area contributed by atoms with E-state index in [1.165, 1.54) is 27.5 Å². The van der Waals surface area contributed by atoms with Crippen molar-refractivity contribution in [2.24, 2.45) is 0 Å². The summed E-state index contributed by atoms with van der Waals surface area (Å²) in [4.78, 5) is 2.41. The molecule has 1 saturated heterocycles. The predicted octanol–water partition coefficient (Wildman–Crippen LogP) is 4.07. The molecule has 3 heteroatoms. The predicted molar refractivity (Wildman–Crippen MR) is 104 cm³/mol. The lowest BCUT2D eigenvalue weighted by Crippen LogP contribution is -2.39. The fourth-order valence-corrected chi connectivity index (χ4v) is 4.08. The maximum atomic E-state index is 10.4. The van der Waals surface area contributed by atoms with Crippen molar-refractivity contribution in [1.82, 2.24) is 4.90 Å². The Morgan fingerprint density at radius 3 is 2.48 bits per heavy atom. The van der Waals surface area contributed by atoms with Gasteiger partial charge in [-0.05, 0) is 84.1 Å². The molecule has 2 aromatic carbocycles. The molecule has 1 fully saturated rings. The van der Waals surface area contributed by atoms with Gasteiger partial charge in [-0.2, -0.15) is 0 Å². The Labute approximate surface area is 152 Å². The van der Waals surface area contributed by atoms with Crippen LogP contribution in [0.5, 0.6) is 0 Å². The molecule has 0 amide bonds. The Kier molecular flexibility index (Phi) is 6.08. The van der Waals surface area contributed by atoms with Gasteiger partial charge in [0.05, 0.1) is 6.10 Å². The van der Waals surface area contributed by atoms with E-state index in [2.05, 4.69) is 82.1 Å². The van der Waals surface area contributed by atoms with Gasteiger partial charge < -0.3 is 10.0 Å². The summed E-state index contributed by atoms with van der Waals surface area (Å²) in [5.41, 5.74) is 2.69. The highest BCUT2D eigenvalue weighted by Gasteiger charge is 2.22. The molecular weight excluding hydrogens is 397 g/mol. The number of benzene rings is 2. The smallest absolute Gasteiger partial charge is 0.0707 e. The normalized spacial score (nSPS) is 18.0. The SMILES string of the molecule is OC(Cc1cccc(I)c1)CN1CCC(c2ccccc2)CC1. The van der Waals surface area contributed by atoms with Crippen LogP contribution in [0.25, 0.3) is 0 Å². The molecule has 0 bridgehead atoms. The van der Waals surface area contributed by atoms with Crippen LogP contribution in [0, 0.1) is 3.57 Å². The van der Waals surface area contributed by atoms with Crippen molar-refractivity contribution in [3.63, 3.8) is 0 Å². The van der Waals surface area contributed by atoms with Gasteiger partial charge in [-0.1, -0.05) is 42.5 Å². The third-order valence-electron chi connectivity index (χ3n) is 4.69. The zero-order valence-electron chi connectivity index (χ0n) is 13.4. The highest BCUT2D eigenvalue weighted by Crippen LogP contribution is 2.27. The maximum Gasteiger partial charge on any atom is 0.0707 e. The zero-order chi connectivity index (χ0) is 16.1. The number of aliphatic hydroxyl groups excluding tert-OH is 1. The van der Waals surface area contributed by atoms with Crippen LogP contribution in [0.15, 0.2) is 54.6 Å². The van der Waals surface area contributed by atoms with E-state index in [0.717, 1.165) is 26.1 Å². The van der Waals surface area contributed by atoms with Crippen LogP contribution in [0.4, 0.5) is 0 Å². The number of hydrogen-bond acceptors (Lipinski definition) is 2. The number of aliphatic hydroxyl groups is 1. The summed E-state index contributed by atoms with van der Waals surface area (Å²) in [5, 5.41) is 10.4. The van der Waals surface area contributed by atoms with Gasteiger partial charge in [-0.25, -0.2) is 0 Å². The third-order valence-corrected chi connectivity index (χ3v) is 5.36. The molecule has 1 N–H and O–H groups in total. The first-order valence-electron chi connectivity index (χ1n) is 8.40. The molecular formula is C20H24INO. The molecule has 1 unspecified atom stereocenters. The molecule has 1 atom stereocenters. The molecule has 2 aromatic rings. The standard InChI is InChI=1S/C20H24INO/c21-19-8-4-5-16(13-19)14-20(23)15-22-11-9-18(10-12-22)17-6-2-1-3-7-17/h1-8,13,18,20,23H,9-12,14-15H2. The average Bonchev–Trinajstić information content (AvgIpc) is 2.56. The minimum absolute atomic E-state index is 0.276. The molecule has 1 heterocycles. The quantitative estimate of drug-likeness (QED) is 0.736. The van der Waals surface area contributed by atoms with E-state index in [1.807, 2.05) is 0 Å². The van der Waals surface area contributed by atoms with Gasteiger partial charge in [0.2, 0.25) is 0 Å². The minimum Gasteiger partial charge on any atom is -0.391 e. The van der Waals surface area contributed by atoms with Gasteiger partial charge in [0.1, 0.15) is 0 Å². The Hall–Kier alpha value is -0.910. The third kappa shape index (κ3) is 5.03. The van der Waals surface area contributed by atoms with Crippen LogP contribution >= 0.6 is 22.6 Å². The molecule has 0 aromatic heterocycles. The van der Waals surface area contributed by atoms with E-state index < -0.39 is 0 Å². The Balaban J connectivity index is 1.47. The first-order chi connectivity index (χ1) is 11.2. The highest BCUT2D eigenvalue weighted by atomic mass is 127. The highest BCUT2D eigenvalue weighted by molar-refractivity contribution is 14.1. The van der Waals surface area contributed by atoms with E-state index >= 15 is 0 Å². The van der Waals surface area contributed by atoms with E-state index in [1.54, 1.807) is 0 Å². The first kappa shape index (κ1) is 16.9. The fraction of sp³-hybridized carbons (Fsp3) is 0.400. The second-order valence-corrected chi connectivity index (χ2v) is 7.72. The van der Waals surface area contributed by atoms with E-state index in [0.29, 0.717) is 5.92 Å². The van der Waals surface area contributed by atoms with Gasteiger partial charge in [0.25, 0.3) is 0 Å². The molecule has 0 saturated carbocycles. The molecule has 2 nitrogen and oxygen atoms in total. The number of rotatable bonds is 5. The average molecular weight is 421 g/mol. The number of likely N-dealkylation sites (tertiary alicyclic amines) is 1. The number of hydrogen-bond donors (Lipinski definition) is 1. The van der Waals surface area contributed by atoms with Crippen molar-refractivity contribution in [2.45, 2.75) is 31.3 Å². The van der Waals surface area contributed by atoms with Crippen molar-refractivity contribution >= 4 is 22.6 Å². The Morgan fingerprint density at radius 1 is 1.04 bits per heavy atom. The zero-order valence-corrected chi connectivity index (χ0v) is 15.5. The first-order valence-corrected chi connectivity index (χ1v) is 9.48. The van der Waals surface area contributed by atoms with Crippen LogP contribution in [-0.2, 0) is 6.42 Å². The molecule has 0 radical (unpaired) electrons. The molecule has 1 aliphatic rings. The molecule has 0 spiro atoms. The van der Waals surface area contributed by atoms with E-state index in [-0.39, 0.29) is 6.10 Å². The fourth-order valence-electron chi connectivity index (χ4n) is 3.47. The minimum atomic E-state index is -0.276. The Morgan fingerprint density at radius 2 is 1.78 bits per heavy atom. The van der Waals surface area contributed by atoms with Crippen LogP contribution in [0.2, 0.25) is 0 Å². The molecule has 0 aliphatic carbocycles. The number of piperidine rings is 1. The molecule has 3 rings (SSSR count). The van der Waals surface area contributed by atoms with Gasteiger partial charge >= 0.3 is 0 Å². The van der Waals surface area contributed by atoms with Crippen molar-refractivity contribution in [2.75, 3.05) is 19.6 Å². The summed E-state index contributed by atoms with van der Waals surface area (Å²) in [6.45, 7) is 2.96. The van der Waals surface area contributed by atoms with Gasteiger partial charge in [-0.15, -0.1) is 0 Å².